The summed E-state index contributed by atoms with van der Waals surface area (Å²) in [6.07, 6.45) is 0.648. The van der Waals surface area contributed by atoms with Gasteiger partial charge in [0.25, 0.3) is 15.9 Å². The molecule has 3 aromatic rings. The van der Waals surface area contributed by atoms with Crippen LogP contribution in [0.25, 0.3) is 0 Å². The van der Waals surface area contributed by atoms with E-state index in [1.165, 1.54) is 13.2 Å². The van der Waals surface area contributed by atoms with Gasteiger partial charge < -0.3 is 15.4 Å². The number of nitrogens with one attached hydrogen (secondary N) is 2. The monoisotopic (exact) mass is 515 g/mol. The Morgan fingerprint density at radius 1 is 1.00 bits per heavy atom. The first-order chi connectivity index (χ1) is 17.3. The topological polar surface area (TPSA) is 87.7 Å². The number of hydrogen-bond acceptors (Lipinski definition) is 5. The lowest BCUT2D eigenvalue weighted by Gasteiger charge is -2.44. The van der Waals surface area contributed by atoms with Crippen LogP contribution >= 0.6 is 0 Å². The highest BCUT2D eigenvalue weighted by atomic mass is 32.2. The molecule has 0 aromatic heterocycles. The third-order valence-corrected chi connectivity index (χ3v) is 8.33. The van der Waals surface area contributed by atoms with Crippen molar-refractivity contribution in [2.45, 2.75) is 23.6 Å². The lowest BCUT2D eigenvalue weighted by Crippen LogP contribution is -2.60. The number of amides is 1. The van der Waals surface area contributed by atoms with Crippen molar-refractivity contribution in [3.63, 3.8) is 0 Å². The quantitative estimate of drug-likeness (QED) is 0.444. The maximum absolute atomic E-state index is 15.7. The van der Waals surface area contributed by atoms with E-state index in [2.05, 4.69) is 10.6 Å². The second kappa shape index (κ2) is 10.6. The molecule has 0 spiro atoms. The molecule has 0 radical (unpaired) electrons. The van der Waals surface area contributed by atoms with Crippen LogP contribution < -0.4 is 19.9 Å². The average molecular weight is 516 g/mol. The smallest absolute Gasteiger partial charge is 0.283 e. The minimum Gasteiger partial charge on any atom is -0.496 e. The number of para-hydroxylation sites is 1. The standard InChI is InChI=1S/C26H27F2N3O4S/c1-35-23-10-6-5-9-22(23)24(32)30-25(36(33,34)31(28)21-13-11-20(27)12-14-21)26(15-17-29-18-16-26)19-7-3-2-4-8-19/h2-14,25,29H,15-18H2,1H3,(H,30,32). The summed E-state index contributed by atoms with van der Waals surface area (Å²) in [6, 6.07) is 19.3. The number of sulfonamides is 1. The maximum atomic E-state index is 15.7. The predicted molar refractivity (Wildman–Crippen MR) is 133 cm³/mol. The highest BCUT2D eigenvalue weighted by Gasteiger charge is 2.51. The number of hydrogen-bond donors (Lipinski definition) is 2. The Morgan fingerprint density at radius 2 is 1.61 bits per heavy atom. The van der Waals surface area contributed by atoms with Crippen LogP contribution in [0.15, 0.2) is 78.9 Å². The summed E-state index contributed by atoms with van der Waals surface area (Å²) in [6.45, 7) is 0.933. The third-order valence-electron chi connectivity index (χ3n) is 6.51. The zero-order valence-electron chi connectivity index (χ0n) is 19.7. The number of carbonyl (C=O) groups excluding carboxylic acids is 1. The van der Waals surface area contributed by atoms with Crippen LogP contribution in [0, 0.1) is 5.82 Å². The Balaban J connectivity index is 1.85. The molecule has 1 saturated heterocycles. The molecule has 0 saturated carbocycles. The molecule has 1 atom stereocenters. The van der Waals surface area contributed by atoms with Crippen molar-refractivity contribution in [3.8, 4) is 5.75 Å². The molecule has 190 valence electrons. The molecule has 0 aliphatic carbocycles. The van der Waals surface area contributed by atoms with Gasteiger partial charge in [-0.25, -0.2) is 12.8 Å². The number of carbonyl (C=O) groups is 1. The second-order valence-corrected chi connectivity index (χ2v) is 10.4. The number of halogens is 2. The molecule has 1 unspecified atom stereocenters. The molecule has 0 bridgehead atoms. The van der Waals surface area contributed by atoms with Gasteiger partial charge in [0.1, 0.15) is 11.6 Å². The molecule has 1 amide bonds. The van der Waals surface area contributed by atoms with E-state index in [1.54, 1.807) is 48.5 Å². The van der Waals surface area contributed by atoms with E-state index >= 15 is 4.48 Å². The summed E-state index contributed by atoms with van der Waals surface area (Å²) in [7, 11) is -3.45. The normalized spacial score (nSPS) is 16.1. The van der Waals surface area contributed by atoms with Gasteiger partial charge in [-0.3, -0.25) is 4.79 Å². The van der Waals surface area contributed by atoms with E-state index in [-0.39, 0.29) is 21.5 Å². The first-order valence-electron chi connectivity index (χ1n) is 11.5. The molecular weight excluding hydrogens is 488 g/mol. The van der Waals surface area contributed by atoms with Crippen molar-refractivity contribution in [2.24, 2.45) is 0 Å². The first-order valence-corrected chi connectivity index (χ1v) is 13.0. The third kappa shape index (κ3) is 4.91. The number of benzene rings is 3. The van der Waals surface area contributed by atoms with E-state index in [4.69, 9.17) is 4.74 Å². The van der Waals surface area contributed by atoms with E-state index in [1.807, 2.05) is 0 Å². The first kappa shape index (κ1) is 25.6. The molecule has 1 heterocycles. The van der Waals surface area contributed by atoms with Crippen LogP contribution in [-0.2, 0) is 15.4 Å². The number of methoxy groups -OCH3 is 1. The zero-order valence-corrected chi connectivity index (χ0v) is 20.5. The Morgan fingerprint density at radius 3 is 2.25 bits per heavy atom. The minimum absolute atomic E-state index is 0.115. The lowest BCUT2D eigenvalue weighted by molar-refractivity contribution is 0.0922. The maximum Gasteiger partial charge on any atom is 0.283 e. The number of piperidine rings is 1. The van der Waals surface area contributed by atoms with Crippen molar-refractivity contribution >= 4 is 21.6 Å². The fourth-order valence-electron chi connectivity index (χ4n) is 4.67. The summed E-state index contributed by atoms with van der Waals surface area (Å²) >= 11 is 0. The van der Waals surface area contributed by atoms with Crippen LogP contribution in [0.2, 0.25) is 0 Å². The Hall–Kier alpha value is -3.50. The summed E-state index contributed by atoms with van der Waals surface area (Å²) in [5.41, 5.74) is -0.740. The average Bonchev–Trinajstić information content (AvgIpc) is 2.92. The zero-order chi connectivity index (χ0) is 25.8. The molecule has 1 aliphatic rings. The van der Waals surface area contributed by atoms with Gasteiger partial charge in [0.15, 0.2) is 5.37 Å². The lowest BCUT2D eigenvalue weighted by atomic mass is 9.72. The van der Waals surface area contributed by atoms with Gasteiger partial charge in [-0.2, -0.15) is 0 Å². The van der Waals surface area contributed by atoms with Gasteiger partial charge in [-0.15, -0.1) is 4.53 Å². The molecule has 1 fully saturated rings. The van der Waals surface area contributed by atoms with Crippen LogP contribution in [0.4, 0.5) is 14.6 Å². The van der Waals surface area contributed by atoms with Gasteiger partial charge in [-0.05, 0) is 67.9 Å². The number of rotatable bonds is 8. The predicted octanol–water partition coefficient (Wildman–Crippen LogP) is 3.93. The van der Waals surface area contributed by atoms with Crippen molar-refractivity contribution in [1.82, 2.24) is 10.6 Å². The molecule has 1 aliphatic heterocycles. The summed E-state index contributed by atoms with van der Waals surface area (Å²) in [5, 5.41) is 4.16. The molecule has 4 rings (SSSR count). The van der Waals surface area contributed by atoms with Crippen LogP contribution in [0.3, 0.4) is 0 Å². The summed E-state index contributed by atoms with van der Waals surface area (Å²) < 4.78 is 61.8. The van der Waals surface area contributed by atoms with Crippen LogP contribution in [0.5, 0.6) is 5.75 Å². The molecular formula is C26H27F2N3O4S. The van der Waals surface area contributed by atoms with Crippen molar-refractivity contribution in [2.75, 3.05) is 24.7 Å². The largest absolute Gasteiger partial charge is 0.496 e. The fourth-order valence-corrected chi connectivity index (χ4v) is 6.47. The van der Waals surface area contributed by atoms with Crippen molar-refractivity contribution in [3.05, 3.63) is 95.8 Å². The van der Waals surface area contributed by atoms with E-state index in [9.17, 15) is 17.6 Å². The fraction of sp³-hybridized carbons (Fsp3) is 0.269. The Bertz CT molecular complexity index is 1300. The second-order valence-electron chi connectivity index (χ2n) is 8.56. The van der Waals surface area contributed by atoms with Crippen LogP contribution in [0.1, 0.15) is 28.8 Å². The highest BCUT2D eigenvalue weighted by Crippen LogP contribution is 2.41. The molecule has 7 nitrogen and oxygen atoms in total. The minimum atomic E-state index is -4.85. The van der Waals surface area contributed by atoms with Gasteiger partial charge in [-0.1, -0.05) is 46.9 Å². The molecule has 3 aromatic carbocycles. The van der Waals surface area contributed by atoms with Gasteiger partial charge in [0, 0.05) is 5.41 Å². The SMILES string of the molecule is COc1ccccc1C(=O)NC(C1(c2ccccc2)CCNCC1)S(=O)(=O)N(F)c1ccc(F)cc1. The molecule has 36 heavy (non-hydrogen) atoms. The van der Waals surface area contributed by atoms with Crippen LogP contribution in [-0.4, -0.2) is 39.9 Å². The molecule has 2 N–H and O–H groups in total. The van der Waals surface area contributed by atoms with Gasteiger partial charge in [0.2, 0.25) is 0 Å². The summed E-state index contributed by atoms with van der Waals surface area (Å²) in [4.78, 5) is 13.4. The Labute approximate surface area is 209 Å². The van der Waals surface area contributed by atoms with E-state index in [0.29, 0.717) is 31.5 Å². The summed E-state index contributed by atoms with van der Waals surface area (Å²) in [5.74, 6) is -1.10. The van der Waals surface area contributed by atoms with Crippen molar-refractivity contribution < 1.29 is 26.8 Å². The highest BCUT2D eigenvalue weighted by molar-refractivity contribution is 7.93. The number of nitrogens with zero attached hydrogens (tertiary/aromatic N) is 1. The number of anilines is 1. The van der Waals surface area contributed by atoms with E-state index < -0.39 is 32.5 Å². The van der Waals surface area contributed by atoms with Gasteiger partial charge in [0.05, 0.1) is 18.4 Å². The van der Waals surface area contributed by atoms with Gasteiger partial charge >= 0.3 is 0 Å². The number of ether oxygens (including phenoxy) is 1. The van der Waals surface area contributed by atoms with Crippen molar-refractivity contribution in [1.29, 1.82) is 0 Å². The van der Waals surface area contributed by atoms with E-state index in [0.717, 1.165) is 24.3 Å². The molecule has 10 heteroatoms. The Kier molecular flexibility index (Phi) is 7.56.